The number of aromatic nitrogens is 3. The molecule has 2 N–H and O–H groups in total. The highest BCUT2D eigenvalue weighted by atomic mass is 32.2. The van der Waals surface area contributed by atoms with Crippen molar-refractivity contribution in [1.82, 2.24) is 19.9 Å². The minimum Gasteiger partial charge on any atom is -0.402 e. The van der Waals surface area contributed by atoms with E-state index < -0.39 is 14.8 Å². The van der Waals surface area contributed by atoms with Crippen LogP contribution in [0, 0.1) is 5.92 Å². The van der Waals surface area contributed by atoms with Crippen molar-refractivity contribution in [3.63, 3.8) is 0 Å². The van der Waals surface area contributed by atoms with Crippen molar-refractivity contribution in [3.8, 4) is 11.6 Å². The first-order chi connectivity index (χ1) is 12.7. The van der Waals surface area contributed by atoms with Crippen LogP contribution in [-0.2, 0) is 10.0 Å². The zero-order valence-electron chi connectivity index (χ0n) is 16.0. The Morgan fingerprint density at radius 1 is 1.15 bits per heavy atom. The second-order valence-electron chi connectivity index (χ2n) is 7.95. The maximum Gasteiger partial charge on any atom is 0.316 e. The van der Waals surface area contributed by atoms with Gasteiger partial charge in [0.1, 0.15) is 5.69 Å². The fourth-order valence-electron chi connectivity index (χ4n) is 3.00. The standard InChI is InChI=1S/C18H27N5O3S/c1-18(2,3)27(24,25)20-12-13-7-9-14(10-8-13)21-17-23-22-16(26-17)15-6-4-5-11-19-15/h4-6,11,13-14,20H,7-10,12H2,1-3H3,(H,21,23)/t13-,14-. The van der Waals surface area contributed by atoms with Gasteiger partial charge >= 0.3 is 6.01 Å². The van der Waals surface area contributed by atoms with Gasteiger partial charge in [-0.05, 0) is 64.5 Å². The van der Waals surface area contributed by atoms with Crippen LogP contribution in [0.5, 0.6) is 0 Å². The van der Waals surface area contributed by atoms with Crippen LogP contribution in [0.15, 0.2) is 28.8 Å². The van der Waals surface area contributed by atoms with Crippen molar-refractivity contribution in [3.05, 3.63) is 24.4 Å². The van der Waals surface area contributed by atoms with Crippen LogP contribution in [0.3, 0.4) is 0 Å². The number of rotatable bonds is 6. The minimum atomic E-state index is -3.29. The number of pyridine rings is 1. The van der Waals surface area contributed by atoms with Gasteiger partial charge in [0, 0.05) is 18.8 Å². The average Bonchev–Trinajstić information content (AvgIpc) is 3.09. The summed E-state index contributed by atoms with van der Waals surface area (Å²) in [4.78, 5) is 4.20. The molecule has 1 aliphatic rings. The topological polar surface area (TPSA) is 110 Å². The summed E-state index contributed by atoms with van der Waals surface area (Å²) in [5.74, 6) is 0.746. The molecule has 8 nitrogen and oxygen atoms in total. The molecule has 0 aromatic carbocycles. The van der Waals surface area contributed by atoms with Crippen LogP contribution in [-0.4, -0.2) is 40.9 Å². The molecule has 0 spiro atoms. The van der Waals surface area contributed by atoms with Crippen LogP contribution in [0.25, 0.3) is 11.6 Å². The van der Waals surface area contributed by atoms with Crippen LogP contribution in [0.4, 0.5) is 6.01 Å². The van der Waals surface area contributed by atoms with Gasteiger partial charge in [-0.2, -0.15) is 0 Å². The third kappa shape index (κ3) is 5.04. The second kappa shape index (κ2) is 7.93. The summed E-state index contributed by atoms with van der Waals surface area (Å²) in [6.07, 6.45) is 5.45. The van der Waals surface area contributed by atoms with Gasteiger partial charge in [-0.15, -0.1) is 5.10 Å². The largest absolute Gasteiger partial charge is 0.402 e. The Balaban J connectivity index is 1.47. The van der Waals surface area contributed by atoms with Crippen molar-refractivity contribution < 1.29 is 12.8 Å². The van der Waals surface area contributed by atoms with E-state index in [2.05, 4.69) is 25.2 Å². The minimum absolute atomic E-state index is 0.248. The number of nitrogens with zero attached hydrogens (tertiary/aromatic N) is 3. The molecular formula is C18H27N5O3S. The maximum absolute atomic E-state index is 12.2. The van der Waals surface area contributed by atoms with E-state index in [1.165, 1.54) is 0 Å². The first kappa shape index (κ1) is 19.8. The van der Waals surface area contributed by atoms with Gasteiger partial charge in [0.2, 0.25) is 10.0 Å². The molecule has 0 amide bonds. The molecule has 0 radical (unpaired) electrons. The normalized spacial score (nSPS) is 21.1. The molecule has 9 heteroatoms. The van der Waals surface area contributed by atoms with E-state index in [1.54, 1.807) is 27.0 Å². The fraction of sp³-hybridized carbons (Fsp3) is 0.611. The highest BCUT2D eigenvalue weighted by Gasteiger charge is 2.30. The average molecular weight is 394 g/mol. The van der Waals surface area contributed by atoms with Crippen molar-refractivity contribution >= 4 is 16.0 Å². The van der Waals surface area contributed by atoms with E-state index in [0.29, 0.717) is 30.1 Å². The molecule has 3 rings (SSSR count). The Morgan fingerprint density at radius 3 is 2.52 bits per heavy atom. The molecule has 2 heterocycles. The number of anilines is 1. The van der Waals surface area contributed by atoms with Gasteiger partial charge < -0.3 is 9.73 Å². The van der Waals surface area contributed by atoms with Gasteiger partial charge in [0.25, 0.3) is 5.89 Å². The van der Waals surface area contributed by atoms with Crippen molar-refractivity contribution in [2.24, 2.45) is 5.92 Å². The van der Waals surface area contributed by atoms with Crippen LogP contribution in [0.2, 0.25) is 0 Å². The second-order valence-corrected chi connectivity index (χ2v) is 10.5. The Labute approximate surface area is 160 Å². The Morgan fingerprint density at radius 2 is 1.89 bits per heavy atom. The maximum atomic E-state index is 12.2. The number of sulfonamides is 1. The van der Waals surface area contributed by atoms with Gasteiger partial charge in [-0.3, -0.25) is 4.98 Å². The summed E-state index contributed by atoms with van der Waals surface area (Å²) in [7, 11) is -3.29. The number of nitrogens with one attached hydrogen (secondary N) is 2. The van der Waals surface area contributed by atoms with Crippen molar-refractivity contribution in [1.29, 1.82) is 0 Å². The molecule has 1 saturated carbocycles. The number of hydrogen-bond donors (Lipinski definition) is 2. The molecular weight excluding hydrogens is 366 g/mol. The molecule has 1 fully saturated rings. The molecule has 0 atom stereocenters. The summed E-state index contributed by atoms with van der Waals surface area (Å²) in [5.41, 5.74) is 0.646. The van der Waals surface area contributed by atoms with Crippen LogP contribution < -0.4 is 10.0 Å². The molecule has 2 aromatic heterocycles. The van der Waals surface area contributed by atoms with Gasteiger partial charge in [-0.25, -0.2) is 13.1 Å². The Hall–Kier alpha value is -2.00. The van der Waals surface area contributed by atoms with E-state index in [4.69, 9.17) is 4.42 Å². The van der Waals surface area contributed by atoms with Crippen LogP contribution in [0.1, 0.15) is 46.5 Å². The third-order valence-electron chi connectivity index (χ3n) is 4.85. The van der Waals surface area contributed by atoms with Crippen molar-refractivity contribution in [2.45, 2.75) is 57.2 Å². The van der Waals surface area contributed by atoms with Gasteiger partial charge in [-0.1, -0.05) is 11.2 Å². The zero-order valence-corrected chi connectivity index (χ0v) is 16.8. The molecule has 1 aliphatic carbocycles. The van der Waals surface area contributed by atoms with Gasteiger partial charge in [0.05, 0.1) is 4.75 Å². The quantitative estimate of drug-likeness (QED) is 0.776. The summed E-state index contributed by atoms with van der Waals surface area (Å²) < 4.78 is 31.9. The summed E-state index contributed by atoms with van der Waals surface area (Å²) in [6.45, 7) is 5.62. The monoisotopic (exact) mass is 393 g/mol. The van der Waals surface area contributed by atoms with E-state index in [1.807, 2.05) is 18.2 Å². The molecule has 0 aliphatic heterocycles. The van der Waals surface area contributed by atoms with Crippen LogP contribution >= 0.6 is 0 Å². The highest BCUT2D eigenvalue weighted by molar-refractivity contribution is 7.90. The lowest BCUT2D eigenvalue weighted by molar-refractivity contribution is 0.333. The molecule has 2 aromatic rings. The highest BCUT2D eigenvalue weighted by Crippen LogP contribution is 2.27. The van der Waals surface area contributed by atoms with E-state index >= 15 is 0 Å². The summed E-state index contributed by atoms with van der Waals surface area (Å²) >= 11 is 0. The molecule has 27 heavy (non-hydrogen) atoms. The summed E-state index contributed by atoms with van der Waals surface area (Å²) in [5, 5.41) is 11.4. The summed E-state index contributed by atoms with van der Waals surface area (Å²) in [6, 6.07) is 6.17. The Bertz CT molecular complexity index is 837. The third-order valence-corrected chi connectivity index (χ3v) is 7.01. The van der Waals surface area contributed by atoms with Crippen molar-refractivity contribution in [2.75, 3.05) is 11.9 Å². The lowest BCUT2D eigenvalue weighted by atomic mass is 9.86. The lowest BCUT2D eigenvalue weighted by Crippen LogP contribution is -2.42. The SMILES string of the molecule is CC(C)(C)S(=O)(=O)NC[C@H]1CC[C@H](Nc2nnc(-c3ccccn3)o2)CC1. The lowest BCUT2D eigenvalue weighted by Gasteiger charge is -2.29. The Kier molecular flexibility index (Phi) is 5.81. The number of hydrogen-bond acceptors (Lipinski definition) is 7. The zero-order chi connectivity index (χ0) is 19.5. The first-order valence-corrected chi connectivity index (χ1v) is 10.7. The first-order valence-electron chi connectivity index (χ1n) is 9.25. The predicted octanol–water partition coefficient (Wildman–Crippen LogP) is 2.82. The smallest absolute Gasteiger partial charge is 0.316 e. The molecule has 0 unspecified atom stereocenters. The fourth-order valence-corrected chi connectivity index (χ4v) is 3.89. The molecule has 0 saturated heterocycles. The predicted molar refractivity (Wildman–Crippen MR) is 104 cm³/mol. The molecule has 0 bridgehead atoms. The molecule has 148 valence electrons. The van der Waals surface area contributed by atoms with Gasteiger partial charge in [0.15, 0.2) is 0 Å². The van der Waals surface area contributed by atoms with E-state index in [-0.39, 0.29) is 6.04 Å². The van der Waals surface area contributed by atoms with E-state index in [0.717, 1.165) is 25.7 Å². The van der Waals surface area contributed by atoms with E-state index in [9.17, 15) is 8.42 Å².